The molecule has 0 amide bonds. The van der Waals surface area contributed by atoms with E-state index in [1.54, 1.807) is 24.3 Å². The summed E-state index contributed by atoms with van der Waals surface area (Å²) in [4.78, 5) is 0. The number of nitrogens with one attached hydrogen (secondary N) is 1. The summed E-state index contributed by atoms with van der Waals surface area (Å²) in [6, 6.07) is 9.25. The Balaban J connectivity index is 1.73. The first kappa shape index (κ1) is 22.6. The third kappa shape index (κ3) is 8.93. The summed E-state index contributed by atoms with van der Waals surface area (Å²) in [7, 11) is 0. The fourth-order valence-corrected chi connectivity index (χ4v) is 2.13. The van der Waals surface area contributed by atoms with Gasteiger partial charge in [-0.05, 0) is 45.9 Å². The molecule has 0 aliphatic carbocycles. The van der Waals surface area contributed by atoms with Gasteiger partial charge in [0.2, 0.25) is 5.88 Å². The monoisotopic (exact) mass is 405 g/mol. The number of β-amino-alcohol motifs (C(OH)–C–C–N with tert-alkyl or cyclic N) is 1. The van der Waals surface area contributed by atoms with Gasteiger partial charge in [-0.1, -0.05) is 6.07 Å². The first-order chi connectivity index (χ1) is 13.7. The molecular weight excluding hydrogens is 377 g/mol. The van der Waals surface area contributed by atoms with Crippen LogP contribution < -0.4 is 14.8 Å². The molecule has 0 bridgehead atoms. The average molecular weight is 405 g/mol. The van der Waals surface area contributed by atoms with Crippen LogP contribution in [0.4, 0.5) is 10.2 Å². The van der Waals surface area contributed by atoms with Crippen LogP contribution in [0.15, 0.2) is 46.6 Å². The Bertz CT molecular complexity index is 784. The molecule has 9 heteroatoms. The number of hydrogen-bond acceptors (Lipinski definition) is 8. The first-order valence-electron chi connectivity index (χ1n) is 9.42. The second-order valence-electron chi connectivity index (χ2n) is 7.51. The van der Waals surface area contributed by atoms with E-state index in [2.05, 4.69) is 25.7 Å². The molecule has 0 aliphatic heterocycles. The van der Waals surface area contributed by atoms with E-state index in [1.807, 2.05) is 27.7 Å². The number of aliphatic hydroxyl groups excluding tert-OH is 1. The van der Waals surface area contributed by atoms with Crippen LogP contribution >= 0.6 is 0 Å². The van der Waals surface area contributed by atoms with Crippen LogP contribution in [0, 0.1) is 5.82 Å². The highest BCUT2D eigenvalue weighted by atomic mass is 19.1. The number of halogens is 1. The molecule has 0 saturated carbocycles. The molecular formula is C20H28FN5O3. The predicted molar refractivity (Wildman–Crippen MR) is 107 cm³/mol. The highest BCUT2D eigenvalue weighted by Crippen LogP contribution is 2.14. The second-order valence-corrected chi connectivity index (χ2v) is 7.51. The van der Waals surface area contributed by atoms with Gasteiger partial charge in [-0.15, -0.1) is 15.3 Å². The van der Waals surface area contributed by atoms with E-state index in [0.29, 0.717) is 24.1 Å². The highest BCUT2D eigenvalue weighted by molar-refractivity contribution is 5.26. The van der Waals surface area contributed by atoms with Gasteiger partial charge in [-0.3, -0.25) is 0 Å². The van der Waals surface area contributed by atoms with Gasteiger partial charge in [0.15, 0.2) is 5.82 Å². The molecule has 0 saturated heterocycles. The molecule has 29 heavy (non-hydrogen) atoms. The Kier molecular flexibility index (Phi) is 8.41. The molecule has 1 aromatic heterocycles. The van der Waals surface area contributed by atoms with E-state index in [9.17, 15) is 9.50 Å². The molecule has 8 nitrogen and oxygen atoms in total. The molecule has 0 fully saturated rings. The third-order valence-electron chi connectivity index (χ3n) is 3.65. The van der Waals surface area contributed by atoms with E-state index in [-0.39, 0.29) is 25.0 Å². The van der Waals surface area contributed by atoms with E-state index >= 15 is 0 Å². The minimum atomic E-state index is -0.761. The summed E-state index contributed by atoms with van der Waals surface area (Å²) in [5, 5.41) is 29.2. The standard InChI is InChI=1S/C20H28FN5O3/c1-14(2)23-24-18-8-9-19(26-25-18)29-13-20(3,4)22-11-16(27)12-28-17-7-5-6-15(21)10-17/h5-10,14,16,22,27H,11-13H2,1-4H3. The number of aromatic nitrogens is 2. The molecule has 1 heterocycles. The Hall–Kier alpha value is -2.65. The number of rotatable bonds is 11. The SMILES string of the molecule is CC(C)N=Nc1ccc(OCC(C)(C)NCC(O)COc2cccc(F)c2)nn1. The lowest BCUT2D eigenvalue weighted by Gasteiger charge is -2.27. The lowest BCUT2D eigenvalue weighted by atomic mass is 10.1. The van der Waals surface area contributed by atoms with Crippen LogP contribution in [0.25, 0.3) is 0 Å². The normalized spacial score (nSPS) is 13.1. The predicted octanol–water partition coefficient (Wildman–Crippen LogP) is 3.29. The highest BCUT2D eigenvalue weighted by Gasteiger charge is 2.20. The maximum absolute atomic E-state index is 13.1. The van der Waals surface area contributed by atoms with Gasteiger partial charge >= 0.3 is 0 Å². The van der Waals surface area contributed by atoms with Crippen molar-refractivity contribution < 1.29 is 19.0 Å². The smallest absolute Gasteiger partial charge is 0.233 e. The zero-order chi connectivity index (χ0) is 21.3. The molecule has 1 unspecified atom stereocenters. The largest absolute Gasteiger partial charge is 0.491 e. The zero-order valence-corrected chi connectivity index (χ0v) is 17.2. The molecule has 2 aromatic rings. The minimum absolute atomic E-state index is 0.0469. The van der Waals surface area contributed by atoms with Gasteiger partial charge in [0, 0.05) is 24.2 Å². The summed E-state index contributed by atoms with van der Waals surface area (Å²) >= 11 is 0. The van der Waals surface area contributed by atoms with Crippen LogP contribution in [-0.4, -0.2) is 52.7 Å². The number of benzene rings is 1. The van der Waals surface area contributed by atoms with Crippen molar-refractivity contribution in [3.05, 3.63) is 42.2 Å². The maximum atomic E-state index is 13.1. The number of ether oxygens (including phenoxy) is 2. The van der Waals surface area contributed by atoms with Gasteiger partial charge < -0.3 is 19.9 Å². The summed E-state index contributed by atoms with van der Waals surface area (Å²) < 4.78 is 24.2. The molecule has 0 aliphatic rings. The van der Waals surface area contributed by atoms with Crippen molar-refractivity contribution in [2.75, 3.05) is 19.8 Å². The lowest BCUT2D eigenvalue weighted by Crippen LogP contribution is -2.48. The van der Waals surface area contributed by atoms with Crippen molar-refractivity contribution in [3.8, 4) is 11.6 Å². The Morgan fingerprint density at radius 3 is 2.62 bits per heavy atom. The van der Waals surface area contributed by atoms with Crippen LogP contribution in [0.3, 0.4) is 0 Å². The van der Waals surface area contributed by atoms with E-state index < -0.39 is 11.6 Å². The van der Waals surface area contributed by atoms with Crippen molar-refractivity contribution in [1.29, 1.82) is 0 Å². The molecule has 0 spiro atoms. The zero-order valence-electron chi connectivity index (χ0n) is 17.2. The Labute approximate surface area is 170 Å². The van der Waals surface area contributed by atoms with Gasteiger partial charge in [-0.2, -0.15) is 5.11 Å². The molecule has 1 atom stereocenters. The van der Waals surface area contributed by atoms with Crippen molar-refractivity contribution >= 4 is 5.82 Å². The van der Waals surface area contributed by atoms with Crippen LogP contribution in [-0.2, 0) is 0 Å². The van der Waals surface area contributed by atoms with Crippen LogP contribution in [0.1, 0.15) is 27.7 Å². The van der Waals surface area contributed by atoms with Crippen molar-refractivity contribution in [2.24, 2.45) is 10.2 Å². The minimum Gasteiger partial charge on any atom is -0.491 e. The van der Waals surface area contributed by atoms with Crippen LogP contribution in [0.5, 0.6) is 11.6 Å². The van der Waals surface area contributed by atoms with E-state index in [0.717, 1.165) is 0 Å². The maximum Gasteiger partial charge on any atom is 0.233 e. The number of aliphatic hydroxyl groups is 1. The number of azo groups is 1. The number of nitrogens with zero attached hydrogens (tertiary/aromatic N) is 4. The topological polar surface area (TPSA) is 101 Å². The Morgan fingerprint density at radius 1 is 1.17 bits per heavy atom. The molecule has 0 radical (unpaired) electrons. The fraction of sp³-hybridized carbons (Fsp3) is 0.500. The molecule has 2 rings (SSSR count). The molecule has 1 aromatic carbocycles. The summed E-state index contributed by atoms with van der Waals surface area (Å²) in [6.45, 7) is 8.36. The second kappa shape index (κ2) is 10.8. The summed E-state index contributed by atoms with van der Waals surface area (Å²) in [5.41, 5.74) is -0.433. The van der Waals surface area contributed by atoms with E-state index in [1.165, 1.54) is 12.1 Å². The van der Waals surface area contributed by atoms with Gasteiger partial charge in [0.25, 0.3) is 0 Å². The van der Waals surface area contributed by atoms with E-state index in [4.69, 9.17) is 9.47 Å². The van der Waals surface area contributed by atoms with Gasteiger partial charge in [-0.25, -0.2) is 4.39 Å². The van der Waals surface area contributed by atoms with Crippen molar-refractivity contribution in [2.45, 2.75) is 45.4 Å². The molecule has 158 valence electrons. The lowest BCUT2D eigenvalue weighted by molar-refractivity contribution is 0.0921. The first-order valence-corrected chi connectivity index (χ1v) is 9.42. The van der Waals surface area contributed by atoms with Gasteiger partial charge in [0.05, 0.1) is 6.04 Å². The average Bonchev–Trinajstić information content (AvgIpc) is 2.68. The fourth-order valence-electron chi connectivity index (χ4n) is 2.13. The quantitative estimate of drug-likeness (QED) is 0.556. The van der Waals surface area contributed by atoms with Crippen molar-refractivity contribution in [1.82, 2.24) is 15.5 Å². The Morgan fingerprint density at radius 2 is 1.97 bits per heavy atom. The summed E-state index contributed by atoms with van der Waals surface area (Å²) in [5.74, 6) is 0.789. The number of hydrogen-bond donors (Lipinski definition) is 2. The van der Waals surface area contributed by atoms with Crippen LogP contribution in [0.2, 0.25) is 0 Å². The third-order valence-corrected chi connectivity index (χ3v) is 3.65. The molecule has 2 N–H and O–H groups in total. The van der Waals surface area contributed by atoms with Gasteiger partial charge in [0.1, 0.15) is 30.9 Å². The summed E-state index contributed by atoms with van der Waals surface area (Å²) in [6.07, 6.45) is -0.761. The van der Waals surface area contributed by atoms with Crippen molar-refractivity contribution in [3.63, 3.8) is 0 Å².